The summed E-state index contributed by atoms with van der Waals surface area (Å²) >= 11 is 0. The van der Waals surface area contributed by atoms with Crippen LogP contribution in [0, 0.1) is 0 Å². The molecule has 0 saturated heterocycles. The number of aromatic nitrogens is 1. The third-order valence-corrected chi connectivity index (χ3v) is 4.77. The molecule has 2 aromatic carbocycles. The van der Waals surface area contributed by atoms with Crippen LogP contribution in [-0.4, -0.2) is 22.2 Å². The number of phenolic OH excluding ortho intramolecular Hbond substituents is 1. The number of nitrogen functional groups attached to an aromatic ring is 1. The van der Waals surface area contributed by atoms with E-state index in [0.717, 1.165) is 53.7 Å². The molecule has 0 radical (unpaired) electrons. The van der Waals surface area contributed by atoms with Crippen LogP contribution in [0.15, 0.2) is 42.5 Å². The van der Waals surface area contributed by atoms with E-state index in [0.29, 0.717) is 12.2 Å². The number of carbonyl (C=O) groups excluding carboxylic acids is 1. The average Bonchev–Trinajstić information content (AvgIpc) is 2.94. The van der Waals surface area contributed by atoms with Crippen LogP contribution in [0.25, 0.3) is 22.2 Å². The van der Waals surface area contributed by atoms with Gasteiger partial charge in [0.15, 0.2) is 0 Å². The number of rotatable bonds is 7. The van der Waals surface area contributed by atoms with Gasteiger partial charge in [-0.25, -0.2) is 4.79 Å². The van der Waals surface area contributed by atoms with Gasteiger partial charge in [0.2, 0.25) is 0 Å². The molecular formula is C22H28N4O2. The maximum absolute atomic E-state index is 11.9. The summed E-state index contributed by atoms with van der Waals surface area (Å²) in [5.74, 6) is 0.202. The molecule has 0 aliphatic rings. The molecule has 2 amide bonds. The molecule has 3 rings (SSSR count). The van der Waals surface area contributed by atoms with Gasteiger partial charge in [-0.2, -0.15) is 0 Å². The topological polar surface area (TPSA) is 92.3 Å². The third-order valence-electron chi connectivity index (χ3n) is 4.77. The lowest BCUT2D eigenvalue weighted by Crippen LogP contribution is -2.29. The second-order valence-corrected chi connectivity index (χ2v) is 6.93. The smallest absolute Gasteiger partial charge is 0.319 e. The highest BCUT2D eigenvalue weighted by molar-refractivity contribution is 6.01. The summed E-state index contributed by atoms with van der Waals surface area (Å²) in [6.45, 7) is 5.70. The van der Waals surface area contributed by atoms with Crippen LogP contribution < -0.4 is 16.4 Å². The zero-order valence-electron chi connectivity index (χ0n) is 16.5. The lowest BCUT2D eigenvalue weighted by atomic mass is 10.1. The molecule has 6 heteroatoms. The summed E-state index contributed by atoms with van der Waals surface area (Å²) < 4.78 is 2.18. The van der Waals surface area contributed by atoms with Crippen LogP contribution in [0.3, 0.4) is 0 Å². The minimum Gasteiger partial charge on any atom is -0.508 e. The molecule has 28 heavy (non-hydrogen) atoms. The molecule has 0 saturated carbocycles. The first-order valence-corrected chi connectivity index (χ1v) is 9.81. The predicted molar refractivity (Wildman–Crippen MR) is 116 cm³/mol. The number of aryl methyl sites for hydroxylation is 1. The second kappa shape index (κ2) is 8.69. The number of fused-ring (bicyclic) bond motifs is 1. The average molecular weight is 380 g/mol. The highest BCUT2D eigenvalue weighted by Gasteiger charge is 2.17. The molecule has 0 aliphatic heterocycles. The summed E-state index contributed by atoms with van der Waals surface area (Å²) in [4.78, 5) is 11.9. The van der Waals surface area contributed by atoms with Crippen LogP contribution in [-0.2, 0) is 6.54 Å². The maximum Gasteiger partial charge on any atom is 0.319 e. The van der Waals surface area contributed by atoms with E-state index in [1.165, 1.54) is 0 Å². The summed E-state index contributed by atoms with van der Waals surface area (Å²) in [7, 11) is 0. The van der Waals surface area contributed by atoms with Crippen LogP contribution in [0.5, 0.6) is 5.75 Å². The molecule has 0 fully saturated rings. The Morgan fingerprint density at radius 3 is 2.54 bits per heavy atom. The minimum atomic E-state index is -0.198. The van der Waals surface area contributed by atoms with Crippen molar-refractivity contribution in [2.75, 3.05) is 17.6 Å². The Hall–Kier alpha value is -3.15. The third kappa shape index (κ3) is 4.06. The summed E-state index contributed by atoms with van der Waals surface area (Å²) in [6, 6.07) is 12.8. The Labute approximate surface area is 165 Å². The van der Waals surface area contributed by atoms with Crippen molar-refractivity contribution in [2.24, 2.45) is 0 Å². The molecule has 0 bridgehead atoms. The predicted octanol–water partition coefficient (Wildman–Crippen LogP) is 4.93. The Morgan fingerprint density at radius 1 is 1.11 bits per heavy atom. The molecule has 0 atom stereocenters. The number of aromatic hydroxyl groups is 1. The molecule has 0 spiro atoms. The fraction of sp³-hybridized carbons (Fsp3) is 0.318. The number of nitrogens with zero attached hydrogens (tertiary/aromatic N) is 1. The summed E-state index contributed by atoms with van der Waals surface area (Å²) in [5.41, 5.74) is 10.7. The van der Waals surface area contributed by atoms with E-state index in [-0.39, 0.29) is 11.8 Å². The van der Waals surface area contributed by atoms with Gasteiger partial charge in [-0.1, -0.05) is 32.4 Å². The van der Waals surface area contributed by atoms with Crippen molar-refractivity contribution in [1.29, 1.82) is 0 Å². The van der Waals surface area contributed by atoms with Gasteiger partial charge < -0.3 is 26.0 Å². The van der Waals surface area contributed by atoms with Gasteiger partial charge in [0.1, 0.15) is 5.75 Å². The molecule has 0 aliphatic carbocycles. The number of anilines is 2. The van der Waals surface area contributed by atoms with E-state index in [1.54, 1.807) is 12.1 Å². The van der Waals surface area contributed by atoms with Gasteiger partial charge in [-0.15, -0.1) is 0 Å². The van der Waals surface area contributed by atoms with Crippen molar-refractivity contribution < 1.29 is 9.90 Å². The quantitative estimate of drug-likeness (QED) is 0.438. The molecule has 1 aromatic heterocycles. The Bertz CT molecular complexity index is 961. The lowest BCUT2D eigenvalue weighted by molar-refractivity contribution is 0.252. The zero-order valence-corrected chi connectivity index (χ0v) is 16.5. The van der Waals surface area contributed by atoms with Crippen molar-refractivity contribution in [1.82, 2.24) is 9.88 Å². The van der Waals surface area contributed by atoms with Crippen molar-refractivity contribution in [3.63, 3.8) is 0 Å². The number of hydrogen-bond acceptors (Lipinski definition) is 3. The highest BCUT2D eigenvalue weighted by Crippen LogP contribution is 2.38. The second-order valence-electron chi connectivity index (χ2n) is 6.93. The molecule has 3 aromatic rings. The molecule has 0 unspecified atom stereocenters. The number of urea groups is 1. The van der Waals surface area contributed by atoms with Gasteiger partial charge in [0.05, 0.1) is 16.9 Å². The standard InChI is InChI=1S/C22H28N4O2/c1-3-5-12-24-22(28)25-16-8-6-15(7-9-16)21-20(23)18-14-17(27)10-11-19(18)26(21)13-4-2/h6-11,14,27H,3-5,12-13,23H2,1-2H3,(H2,24,25,28). The van der Waals surface area contributed by atoms with Crippen molar-refractivity contribution in [2.45, 2.75) is 39.7 Å². The van der Waals surface area contributed by atoms with E-state index >= 15 is 0 Å². The number of nitrogens with one attached hydrogen (secondary N) is 2. The Balaban J connectivity index is 1.89. The molecular weight excluding hydrogens is 352 g/mol. The molecule has 5 N–H and O–H groups in total. The molecule has 6 nitrogen and oxygen atoms in total. The first kappa shape index (κ1) is 19.6. The number of carbonyl (C=O) groups is 1. The van der Waals surface area contributed by atoms with Crippen LogP contribution in [0.1, 0.15) is 33.1 Å². The van der Waals surface area contributed by atoms with Crippen molar-refractivity contribution >= 4 is 28.3 Å². The van der Waals surface area contributed by atoms with Gasteiger partial charge >= 0.3 is 6.03 Å². The highest BCUT2D eigenvalue weighted by atomic mass is 16.3. The summed E-state index contributed by atoms with van der Waals surface area (Å²) in [5, 5.41) is 16.4. The first-order chi connectivity index (χ1) is 13.5. The number of benzene rings is 2. The normalized spacial score (nSPS) is 10.9. The van der Waals surface area contributed by atoms with E-state index in [4.69, 9.17) is 5.73 Å². The Morgan fingerprint density at radius 2 is 1.86 bits per heavy atom. The zero-order chi connectivity index (χ0) is 20.1. The SMILES string of the molecule is CCCCNC(=O)Nc1ccc(-c2c(N)c3cc(O)ccc3n2CCC)cc1. The van der Waals surface area contributed by atoms with Gasteiger partial charge in [-0.3, -0.25) is 0 Å². The van der Waals surface area contributed by atoms with Gasteiger partial charge in [0, 0.05) is 29.7 Å². The monoisotopic (exact) mass is 380 g/mol. The largest absolute Gasteiger partial charge is 0.508 e. The fourth-order valence-corrected chi connectivity index (χ4v) is 3.40. The van der Waals surface area contributed by atoms with Crippen LogP contribution in [0.2, 0.25) is 0 Å². The van der Waals surface area contributed by atoms with E-state index < -0.39 is 0 Å². The van der Waals surface area contributed by atoms with Gasteiger partial charge in [-0.05, 0) is 43.2 Å². The first-order valence-electron chi connectivity index (χ1n) is 9.81. The Kier molecular flexibility index (Phi) is 6.09. The van der Waals surface area contributed by atoms with E-state index in [9.17, 15) is 9.90 Å². The number of unbranched alkanes of at least 4 members (excludes halogenated alkanes) is 1. The van der Waals surface area contributed by atoms with Gasteiger partial charge in [0.25, 0.3) is 0 Å². The number of amides is 2. The minimum absolute atomic E-state index is 0.198. The van der Waals surface area contributed by atoms with E-state index in [2.05, 4.69) is 29.0 Å². The number of hydrogen-bond donors (Lipinski definition) is 4. The number of phenols is 1. The molecule has 1 heterocycles. The van der Waals surface area contributed by atoms with E-state index in [1.807, 2.05) is 30.3 Å². The maximum atomic E-state index is 11.9. The lowest BCUT2D eigenvalue weighted by Gasteiger charge is -2.12. The molecule has 148 valence electrons. The van der Waals surface area contributed by atoms with Crippen molar-refractivity contribution in [3.8, 4) is 17.0 Å². The fourth-order valence-electron chi connectivity index (χ4n) is 3.40. The van der Waals surface area contributed by atoms with Crippen LogP contribution >= 0.6 is 0 Å². The number of nitrogens with two attached hydrogens (primary N) is 1. The van der Waals surface area contributed by atoms with Crippen molar-refractivity contribution in [3.05, 3.63) is 42.5 Å². The summed E-state index contributed by atoms with van der Waals surface area (Å²) in [6.07, 6.45) is 2.97. The van der Waals surface area contributed by atoms with Crippen LogP contribution in [0.4, 0.5) is 16.2 Å².